The number of nitrogens with zero attached hydrogens (tertiary/aromatic N) is 3. The Hall–Kier alpha value is -6.36. The average Bonchev–Trinajstić information content (AvgIpc) is 1.67. The number of hydrogen-bond donors (Lipinski definition) is 5. The highest BCUT2D eigenvalue weighted by Gasteiger charge is 2.46. The van der Waals surface area contributed by atoms with Crippen molar-refractivity contribution in [3.63, 3.8) is 0 Å². The molecular weight excluding hydrogens is 1140 g/mol. The number of nitrogens with one attached hydrogen (secondary N) is 4. The number of halogens is 1. The fourth-order valence-corrected chi connectivity index (χ4v) is 11.0. The Kier molecular flexibility index (Phi) is 25.6. The zero-order valence-corrected chi connectivity index (χ0v) is 51.1. The minimum Gasteiger partial charge on any atom is -0.458 e. The lowest BCUT2D eigenvalue weighted by Gasteiger charge is -2.31. The second-order valence-electron chi connectivity index (χ2n) is 22.6. The van der Waals surface area contributed by atoms with Gasteiger partial charge in [-0.2, -0.15) is 0 Å². The Bertz CT molecular complexity index is 2990. The Labute approximate surface area is 505 Å². The van der Waals surface area contributed by atoms with Gasteiger partial charge in [-0.1, -0.05) is 34.6 Å². The first-order chi connectivity index (χ1) is 41.8. The third-order valence-electron chi connectivity index (χ3n) is 16.0. The van der Waals surface area contributed by atoms with Crippen molar-refractivity contribution in [3.05, 3.63) is 61.7 Å². The fraction of sp³-hybridized carbons (Fsp3) is 0.656. The maximum atomic E-state index is 15.5. The second kappa shape index (κ2) is 32.7. The van der Waals surface area contributed by atoms with Gasteiger partial charge in [-0.25, -0.2) is 14.2 Å². The van der Waals surface area contributed by atoms with E-state index in [1.54, 1.807) is 40.7 Å². The zero-order chi connectivity index (χ0) is 62.8. The number of hydrogen-bond acceptors (Lipinski definition) is 19. The van der Waals surface area contributed by atoms with Gasteiger partial charge in [0, 0.05) is 60.8 Å². The number of benzene rings is 1. The molecule has 5 heterocycles. The van der Waals surface area contributed by atoms with Gasteiger partial charge in [0.25, 0.3) is 5.56 Å². The number of carbonyl (C=O) groups is 7. The molecule has 0 saturated carbocycles. The van der Waals surface area contributed by atoms with Gasteiger partial charge in [-0.05, 0) is 67.7 Å². The number of rotatable bonds is 38. The van der Waals surface area contributed by atoms with Crippen molar-refractivity contribution in [1.82, 2.24) is 35.7 Å². The summed E-state index contributed by atoms with van der Waals surface area (Å²) in [6.45, 7) is 17.9. The third-order valence-corrected chi connectivity index (χ3v) is 16.0. The molecule has 3 aliphatic heterocycles. The number of esters is 1. The van der Waals surface area contributed by atoms with Crippen LogP contribution in [0.5, 0.6) is 0 Å². The van der Waals surface area contributed by atoms with E-state index in [1.165, 1.54) is 15.5 Å². The molecule has 25 nitrogen and oxygen atoms in total. The van der Waals surface area contributed by atoms with Crippen LogP contribution in [0.4, 0.5) is 4.39 Å². The summed E-state index contributed by atoms with van der Waals surface area (Å²) in [6.07, 6.45) is 1.01. The van der Waals surface area contributed by atoms with Gasteiger partial charge < -0.3 is 73.6 Å². The molecule has 0 spiro atoms. The third kappa shape index (κ3) is 17.5. The first kappa shape index (κ1) is 68.1. The topological polar surface area (TPSA) is 309 Å². The van der Waals surface area contributed by atoms with Crippen LogP contribution in [0.15, 0.2) is 16.9 Å². The van der Waals surface area contributed by atoms with E-state index in [1.807, 2.05) is 13.8 Å². The largest absolute Gasteiger partial charge is 0.458 e. The summed E-state index contributed by atoms with van der Waals surface area (Å²) in [5, 5.41) is 23.4. The number of cyclic esters (lactones) is 1. The van der Waals surface area contributed by atoms with Gasteiger partial charge in [0.15, 0.2) is 5.60 Å². The highest BCUT2D eigenvalue weighted by atomic mass is 19.1. The molecule has 0 radical (unpaired) electrons. The number of imide groups is 1. The predicted octanol–water partition coefficient (Wildman–Crippen LogP) is 2.34. The van der Waals surface area contributed by atoms with Crippen molar-refractivity contribution < 1.29 is 85.7 Å². The maximum absolute atomic E-state index is 15.5. The predicted molar refractivity (Wildman–Crippen MR) is 311 cm³/mol. The monoisotopic (exact) mass is 1220 g/mol. The van der Waals surface area contributed by atoms with Crippen LogP contribution in [0.3, 0.4) is 0 Å². The van der Waals surface area contributed by atoms with Gasteiger partial charge in [0.05, 0.1) is 141 Å². The molecule has 480 valence electrons. The molecule has 6 amide bonds. The number of ether oxygens (including phenoxy) is 9. The fourth-order valence-electron chi connectivity index (χ4n) is 11.0. The number of carbonyl (C=O) groups excluding carboxylic acids is 7. The first-order valence-electron chi connectivity index (χ1n) is 30.2. The number of amides is 6. The van der Waals surface area contributed by atoms with Crippen LogP contribution in [-0.4, -0.2) is 192 Å². The molecule has 1 fully saturated rings. The summed E-state index contributed by atoms with van der Waals surface area (Å²) < 4.78 is 66.3. The van der Waals surface area contributed by atoms with Crippen molar-refractivity contribution in [2.45, 2.75) is 124 Å². The van der Waals surface area contributed by atoms with Crippen molar-refractivity contribution >= 4 is 52.3 Å². The lowest BCUT2D eigenvalue weighted by molar-refractivity contribution is -0.172. The Morgan fingerprint density at radius 1 is 0.747 bits per heavy atom. The Morgan fingerprint density at radius 3 is 1.87 bits per heavy atom. The second-order valence-corrected chi connectivity index (χ2v) is 22.6. The van der Waals surface area contributed by atoms with Crippen LogP contribution < -0.4 is 26.8 Å². The molecule has 3 aromatic rings. The molecule has 87 heavy (non-hydrogen) atoms. The lowest BCUT2D eigenvalue weighted by Crippen LogP contribution is -2.55. The Morgan fingerprint density at radius 2 is 1.32 bits per heavy atom. The number of fused-ring (bicyclic) bond motifs is 5. The van der Waals surface area contributed by atoms with Crippen molar-refractivity contribution in [2.24, 2.45) is 17.8 Å². The van der Waals surface area contributed by atoms with Crippen LogP contribution in [-0.2, 0) is 101 Å². The van der Waals surface area contributed by atoms with Crippen LogP contribution in [0.1, 0.15) is 113 Å². The molecule has 2 aromatic heterocycles. The van der Waals surface area contributed by atoms with E-state index < -0.39 is 58.8 Å². The van der Waals surface area contributed by atoms with Gasteiger partial charge >= 0.3 is 5.97 Å². The molecule has 26 heteroatoms. The van der Waals surface area contributed by atoms with E-state index in [2.05, 4.69) is 21.3 Å². The van der Waals surface area contributed by atoms with Crippen LogP contribution in [0.2, 0.25) is 0 Å². The number of likely N-dealkylation sites (tertiary alicyclic amines) is 1. The lowest BCUT2D eigenvalue weighted by atomic mass is 9.81. The molecule has 1 aromatic carbocycles. The van der Waals surface area contributed by atoms with E-state index in [-0.39, 0.29) is 112 Å². The van der Waals surface area contributed by atoms with E-state index in [4.69, 9.17) is 47.6 Å². The van der Waals surface area contributed by atoms with E-state index in [0.717, 1.165) is 5.56 Å². The van der Waals surface area contributed by atoms with Crippen LogP contribution in [0.25, 0.3) is 22.3 Å². The normalized spacial score (nSPS) is 18.4. The summed E-state index contributed by atoms with van der Waals surface area (Å²) in [4.78, 5) is 110. The molecule has 5 atom stereocenters. The summed E-state index contributed by atoms with van der Waals surface area (Å²) in [6, 6.07) is 0.297. The quantitative estimate of drug-likeness (QED) is 0.0244. The molecular formula is C61H86FN7O18. The van der Waals surface area contributed by atoms with Crippen molar-refractivity contribution in [2.75, 3.05) is 119 Å². The minimum atomic E-state index is -2.04. The van der Waals surface area contributed by atoms with Gasteiger partial charge in [0.1, 0.15) is 24.5 Å². The molecule has 7 rings (SSSR count). The number of aromatic nitrogens is 2. The number of pyridine rings is 2. The van der Waals surface area contributed by atoms with Crippen molar-refractivity contribution in [1.29, 1.82) is 0 Å². The highest BCUT2D eigenvalue weighted by molar-refractivity contribution is 6.04. The summed E-state index contributed by atoms with van der Waals surface area (Å²) in [7, 11) is 0. The summed E-state index contributed by atoms with van der Waals surface area (Å²) in [5.74, 6) is -4.00. The molecule has 4 aliphatic rings. The zero-order valence-electron chi connectivity index (χ0n) is 51.1. The molecule has 0 bridgehead atoms. The molecule has 3 unspecified atom stereocenters. The van der Waals surface area contributed by atoms with E-state index in [0.29, 0.717) is 144 Å². The van der Waals surface area contributed by atoms with Gasteiger partial charge in [0.2, 0.25) is 35.4 Å². The Balaban J connectivity index is 0.687. The minimum absolute atomic E-state index is 0.0180. The van der Waals surface area contributed by atoms with E-state index in [9.17, 15) is 43.5 Å². The van der Waals surface area contributed by atoms with E-state index >= 15 is 4.39 Å². The van der Waals surface area contributed by atoms with Gasteiger partial charge in [-0.15, -0.1) is 0 Å². The van der Waals surface area contributed by atoms with Crippen LogP contribution >= 0.6 is 0 Å². The first-order valence-corrected chi connectivity index (χ1v) is 30.2. The average molecular weight is 1220 g/mol. The standard InChI is InChI=1S/C61H86FN7O18/c1-8-61(78)44-32-48-55-42(34-69(48)59(76)43(44)35-87-60(61)77)53-46(10-9-40-38(6)45(62)33-47(65-55)52(40)53)66-56(73)39(7)64-57(74)54(37(4)5)67-50(71)12-15-79-17-19-81-21-23-83-25-27-85-29-30-86-28-26-84-24-22-82-20-18-80-16-13-63-49(70)11-14-68-51(72)31-41(36(2)3)58(68)75/h32-33,36-37,39,41,46,54,78H,8-31,34-35H2,1-7H3,(H,63,70)(H,64,74)(H,66,73)(H,67,71)/t39?,41?,46-,54?,61-/m0/s1. The summed E-state index contributed by atoms with van der Waals surface area (Å²) in [5.41, 5.74) is 1.36. The smallest absolute Gasteiger partial charge is 0.343 e. The summed E-state index contributed by atoms with van der Waals surface area (Å²) >= 11 is 0. The van der Waals surface area contributed by atoms with Gasteiger partial charge in [-0.3, -0.25) is 38.5 Å². The molecule has 5 N–H and O–H groups in total. The number of aliphatic hydroxyl groups is 1. The SMILES string of the molecule is CC[C@@]1(O)C(=O)OCc2c1cc1n(c2=O)Cc2c-1nc1cc(F)c(C)c3c1c2[C@@H](NC(=O)C(C)NC(=O)C(NC(=O)CCOCCOCCOCCOCCOCCOCCOCCOCCNC(=O)CCN1C(=O)CC(C(C)C)C1=O)C(C)C)CC3. The molecule has 1 saturated heterocycles. The molecule has 1 aliphatic carbocycles. The van der Waals surface area contributed by atoms with Crippen molar-refractivity contribution in [3.8, 4) is 11.4 Å². The van der Waals surface area contributed by atoms with Crippen LogP contribution in [0, 0.1) is 30.5 Å². The maximum Gasteiger partial charge on any atom is 0.343 e. The highest BCUT2D eigenvalue weighted by Crippen LogP contribution is 2.46. The number of aryl methyl sites for hydroxylation is 1.